The van der Waals surface area contributed by atoms with Crippen molar-refractivity contribution < 1.29 is 14.6 Å². The zero-order valence-corrected chi connectivity index (χ0v) is 10.9. The van der Waals surface area contributed by atoms with E-state index < -0.39 is 5.97 Å². The van der Waals surface area contributed by atoms with E-state index >= 15 is 0 Å². The summed E-state index contributed by atoms with van der Waals surface area (Å²) in [4.78, 5) is 10.9. The van der Waals surface area contributed by atoms with E-state index in [2.05, 4.69) is 5.10 Å². The van der Waals surface area contributed by atoms with Gasteiger partial charge in [0.1, 0.15) is 11.8 Å². The number of aromatic nitrogens is 2. The van der Waals surface area contributed by atoms with E-state index in [0.717, 1.165) is 13.0 Å². The van der Waals surface area contributed by atoms with Crippen LogP contribution < -0.4 is 4.74 Å². The molecule has 0 fully saturated rings. The first kappa shape index (κ1) is 13.6. The summed E-state index contributed by atoms with van der Waals surface area (Å²) >= 11 is 0. The van der Waals surface area contributed by atoms with Crippen LogP contribution in [0.3, 0.4) is 0 Å². The zero-order chi connectivity index (χ0) is 14.5. The van der Waals surface area contributed by atoms with Crippen molar-refractivity contribution in [3.05, 3.63) is 41.7 Å². The Labute approximate surface area is 115 Å². The Kier molecular flexibility index (Phi) is 4.01. The summed E-state index contributed by atoms with van der Waals surface area (Å²) in [7, 11) is 0. The standard InChI is InChI=1S/C14H13N3O3/c1-2-5-17-9-12(8-16-17)20-13-4-3-10(14(18)19)6-11(13)7-15/h3-4,6,8-9H,2,5H2,1H3,(H,18,19). The Balaban J connectivity index is 2.24. The number of carbonyl (C=O) groups is 1. The minimum atomic E-state index is -1.08. The van der Waals surface area contributed by atoms with Crippen molar-refractivity contribution in [1.82, 2.24) is 9.78 Å². The van der Waals surface area contributed by atoms with E-state index in [9.17, 15) is 4.79 Å². The average Bonchev–Trinajstić information content (AvgIpc) is 2.87. The Hall–Kier alpha value is -2.81. The fraction of sp³-hybridized carbons (Fsp3) is 0.214. The predicted molar refractivity (Wildman–Crippen MR) is 70.7 cm³/mol. The third-order valence-electron chi connectivity index (χ3n) is 2.64. The van der Waals surface area contributed by atoms with Gasteiger partial charge in [0, 0.05) is 6.54 Å². The third kappa shape index (κ3) is 2.95. The van der Waals surface area contributed by atoms with Crippen molar-refractivity contribution in [2.75, 3.05) is 0 Å². The lowest BCUT2D eigenvalue weighted by atomic mass is 10.1. The van der Waals surface area contributed by atoms with Crippen molar-refractivity contribution in [2.24, 2.45) is 0 Å². The van der Waals surface area contributed by atoms with Gasteiger partial charge < -0.3 is 9.84 Å². The number of aromatic carboxylic acids is 1. The molecule has 0 aliphatic rings. The highest BCUT2D eigenvalue weighted by molar-refractivity contribution is 5.88. The maximum atomic E-state index is 10.9. The summed E-state index contributed by atoms with van der Waals surface area (Å²) in [6, 6.07) is 6.08. The molecule has 1 heterocycles. The molecule has 2 aromatic rings. The second-order valence-corrected chi connectivity index (χ2v) is 4.17. The molecule has 0 unspecified atom stereocenters. The molecule has 0 aliphatic heterocycles. The summed E-state index contributed by atoms with van der Waals surface area (Å²) in [5.41, 5.74) is 0.226. The fourth-order valence-electron chi connectivity index (χ4n) is 1.72. The van der Waals surface area contributed by atoms with Crippen LogP contribution in [0.15, 0.2) is 30.6 Å². The van der Waals surface area contributed by atoms with Gasteiger partial charge in [0.15, 0.2) is 5.75 Å². The largest absolute Gasteiger partial charge is 0.478 e. The molecule has 20 heavy (non-hydrogen) atoms. The van der Waals surface area contributed by atoms with Gasteiger partial charge in [0.05, 0.1) is 23.5 Å². The van der Waals surface area contributed by atoms with E-state index in [1.807, 2.05) is 13.0 Å². The second-order valence-electron chi connectivity index (χ2n) is 4.17. The van der Waals surface area contributed by atoms with Gasteiger partial charge >= 0.3 is 5.97 Å². The van der Waals surface area contributed by atoms with Crippen LogP contribution in [-0.4, -0.2) is 20.9 Å². The highest BCUT2D eigenvalue weighted by Crippen LogP contribution is 2.25. The highest BCUT2D eigenvalue weighted by Gasteiger charge is 2.10. The zero-order valence-electron chi connectivity index (χ0n) is 10.9. The molecule has 1 aromatic carbocycles. The molecule has 1 N–H and O–H groups in total. The summed E-state index contributed by atoms with van der Waals surface area (Å²) in [6.07, 6.45) is 4.25. The topological polar surface area (TPSA) is 88.1 Å². The number of hydrogen-bond acceptors (Lipinski definition) is 4. The van der Waals surface area contributed by atoms with Crippen LogP contribution in [0.2, 0.25) is 0 Å². The van der Waals surface area contributed by atoms with Crippen LogP contribution in [0.5, 0.6) is 11.5 Å². The van der Waals surface area contributed by atoms with Crippen molar-refractivity contribution >= 4 is 5.97 Å². The van der Waals surface area contributed by atoms with E-state index in [4.69, 9.17) is 15.1 Å². The molecule has 0 amide bonds. The Morgan fingerprint density at radius 3 is 3.00 bits per heavy atom. The number of hydrogen-bond donors (Lipinski definition) is 1. The number of rotatable bonds is 5. The second kappa shape index (κ2) is 5.89. The monoisotopic (exact) mass is 271 g/mol. The van der Waals surface area contributed by atoms with Gasteiger partial charge in [0.2, 0.25) is 0 Å². The Bertz CT molecular complexity index is 671. The number of nitrogens with zero attached hydrogens (tertiary/aromatic N) is 3. The van der Waals surface area contributed by atoms with Gasteiger partial charge in [-0.2, -0.15) is 10.4 Å². The van der Waals surface area contributed by atoms with Crippen LogP contribution >= 0.6 is 0 Å². The normalized spacial score (nSPS) is 10.0. The molecule has 0 bridgehead atoms. The van der Waals surface area contributed by atoms with E-state index in [0.29, 0.717) is 11.5 Å². The number of carboxylic acid groups (broad SMARTS) is 1. The summed E-state index contributed by atoms with van der Waals surface area (Å²) in [6.45, 7) is 2.83. The molecule has 6 heteroatoms. The lowest BCUT2D eigenvalue weighted by Crippen LogP contribution is -1.98. The first-order chi connectivity index (χ1) is 9.63. The lowest BCUT2D eigenvalue weighted by molar-refractivity contribution is 0.0697. The van der Waals surface area contributed by atoms with E-state index in [1.165, 1.54) is 18.2 Å². The summed E-state index contributed by atoms with van der Waals surface area (Å²) in [5, 5.41) is 22.1. The Morgan fingerprint density at radius 1 is 1.55 bits per heavy atom. The van der Waals surface area contributed by atoms with Crippen LogP contribution in [0, 0.1) is 11.3 Å². The van der Waals surface area contributed by atoms with E-state index in [-0.39, 0.29) is 11.1 Å². The minimum Gasteiger partial charge on any atom is -0.478 e. The number of ether oxygens (including phenoxy) is 1. The Morgan fingerprint density at radius 2 is 2.35 bits per heavy atom. The molecule has 0 spiro atoms. The molecule has 0 saturated carbocycles. The molecule has 0 radical (unpaired) electrons. The van der Waals surface area contributed by atoms with Gasteiger partial charge in [-0.3, -0.25) is 4.68 Å². The van der Waals surface area contributed by atoms with E-state index in [1.54, 1.807) is 17.1 Å². The molecule has 0 aliphatic carbocycles. The maximum absolute atomic E-state index is 10.9. The van der Waals surface area contributed by atoms with Crippen LogP contribution in [-0.2, 0) is 6.54 Å². The molecular weight excluding hydrogens is 258 g/mol. The number of aryl methyl sites for hydroxylation is 1. The number of carboxylic acids is 1. The van der Waals surface area contributed by atoms with Crippen LogP contribution in [0.1, 0.15) is 29.3 Å². The average molecular weight is 271 g/mol. The van der Waals surface area contributed by atoms with Crippen molar-refractivity contribution in [3.63, 3.8) is 0 Å². The summed E-state index contributed by atoms with van der Waals surface area (Å²) < 4.78 is 7.31. The van der Waals surface area contributed by atoms with Crippen molar-refractivity contribution in [2.45, 2.75) is 19.9 Å². The van der Waals surface area contributed by atoms with Gasteiger partial charge in [0.25, 0.3) is 0 Å². The van der Waals surface area contributed by atoms with Crippen LogP contribution in [0.25, 0.3) is 0 Å². The highest BCUT2D eigenvalue weighted by atomic mass is 16.5. The lowest BCUT2D eigenvalue weighted by Gasteiger charge is -2.05. The summed E-state index contributed by atoms with van der Waals surface area (Å²) in [5.74, 6) is -0.254. The molecule has 2 rings (SSSR count). The molecule has 0 atom stereocenters. The number of nitriles is 1. The van der Waals surface area contributed by atoms with Crippen LogP contribution in [0.4, 0.5) is 0 Å². The number of benzene rings is 1. The van der Waals surface area contributed by atoms with Crippen molar-refractivity contribution in [1.29, 1.82) is 5.26 Å². The maximum Gasteiger partial charge on any atom is 0.335 e. The van der Waals surface area contributed by atoms with Gasteiger partial charge in [-0.1, -0.05) is 6.92 Å². The first-order valence-electron chi connectivity index (χ1n) is 6.11. The quantitative estimate of drug-likeness (QED) is 0.903. The fourth-order valence-corrected chi connectivity index (χ4v) is 1.72. The molecule has 0 saturated heterocycles. The predicted octanol–water partition coefficient (Wildman–Crippen LogP) is 2.66. The van der Waals surface area contributed by atoms with Gasteiger partial charge in [-0.05, 0) is 24.6 Å². The minimum absolute atomic E-state index is 0.0515. The molecule has 102 valence electrons. The SMILES string of the molecule is CCCn1cc(Oc2ccc(C(=O)O)cc2C#N)cn1. The smallest absolute Gasteiger partial charge is 0.335 e. The third-order valence-corrected chi connectivity index (χ3v) is 2.64. The molecule has 1 aromatic heterocycles. The molecular formula is C14H13N3O3. The van der Waals surface area contributed by atoms with Gasteiger partial charge in [-0.25, -0.2) is 4.79 Å². The first-order valence-corrected chi connectivity index (χ1v) is 6.11. The van der Waals surface area contributed by atoms with Gasteiger partial charge in [-0.15, -0.1) is 0 Å². The molecule has 6 nitrogen and oxygen atoms in total. The van der Waals surface area contributed by atoms with Crippen molar-refractivity contribution in [3.8, 4) is 17.6 Å².